The van der Waals surface area contributed by atoms with Crippen LogP contribution in [-0.2, 0) is 17.6 Å². The van der Waals surface area contributed by atoms with Gasteiger partial charge < -0.3 is 10.2 Å². The van der Waals surface area contributed by atoms with Gasteiger partial charge in [-0.2, -0.15) is 0 Å². The molecule has 0 unspecified atom stereocenters. The molecule has 2 rings (SSSR count). The van der Waals surface area contributed by atoms with Gasteiger partial charge >= 0.3 is 0 Å². The lowest BCUT2D eigenvalue weighted by atomic mass is 10.2. The summed E-state index contributed by atoms with van der Waals surface area (Å²) in [7, 11) is 0. The monoisotopic (exact) mass is 280 g/mol. The van der Waals surface area contributed by atoms with E-state index in [2.05, 4.69) is 5.32 Å². The highest BCUT2D eigenvalue weighted by molar-refractivity contribution is 7.14. The molecule has 0 aromatic carbocycles. The van der Waals surface area contributed by atoms with E-state index in [1.165, 1.54) is 16.9 Å². The van der Waals surface area contributed by atoms with Gasteiger partial charge in [0.15, 0.2) is 0 Å². The maximum absolute atomic E-state index is 12.4. The molecule has 104 valence electrons. The van der Waals surface area contributed by atoms with Crippen molar-refractivity contribution >= 4 is 23.2 Å². The molecule has 1 aromatic heterocycles. The van der Waals surface area contributed by atoms with E-state index in [-0.39, 0.29) is 18.4 Å². The third kappa shape index (κ3) is 3.15. The van der Waals surface area contributed by atoms with Crippen LogP contribution >= 0.6 is 11.3 Å². The van der Waals surface area contributed by atoms with Gasteiger partial charge in [0.2, 0.25) is 5.91 Å². The lowest BCUT2D eigenvalue weighted by Crippen LogP contribution is -2.40. The molecule has 4 nitrogen and oxygen atoms in total. The standard InChI is InChI=1S/C14H20N2O2S/c1-3-15-13(17)9-16(4-2)14(18)12-8-10-6-5-7-11(10)19-12/h8H,3-7,9H2,1-2H3,(H,15,17). The lowest BCUT2D eigenvalue weighted by molar-refractivity contribution is -0.121. The molecule has 0 atom stereocenters. The number of likely N-dealkylation sites (N-methyl/N-ethyl adjacent to an activating group) is 2. The van der Waals surface area contributed by atoms with E-state index in [1.54, 1.807) is 16.2 Å². The maximum Gasteiger partial charge on any atom is 0.264 e. The quantitative estimate of drug-likeness (QED) is 0.894. The predicted molar refractivity (Wildman–Crippen MR) is 76.6 cm³/mol. The summed E-state index contributed by atoms with van der Waals surface area (Å²) in [5.41, 5.74) is 1.32. The number of rotatable bonds is 5. The second kappa shape index (κ2) is 6.19. The SMILES string of the molecule is CCNC(=O)CN(CC)C(=O)c1cc2c(s1)CCC2. The molecule has 0 fully saturated rings. The molecule has 0 bridgehead atoms. The molecule has 0 saturated carbocycles. The van der Waals surface area contributed by atoms with Crippen LogP contribution in [0.3, 0.4) is 0 Å². The van der Waals surface area contributed by atoms with Gasteiger partial charge in [0, 0.05) is 18.0 Å². The van der Waals surface area contributed by atoms with Gasteiger partial charge in [-0.25, -0.2) is 0 Å². The first-order valence-electron chi connectivity index (χ1n) is 6.83. The third-order valence-corrected chi connectivity index (χ3v) is 4.56. The number of amides is 2. The number of nitrogens with one attached hydrogen (secondary N) is 1. The average molecular weight is 280 g/mol. The van der Waals surface area contributed by atoms with Crippen LogP contribution in [0.4, 0.5) is 0 Å². The Labute approximate surface area is 117 Å². The fraction of sp³-hybridized carbons (Fsp3) is 0.571. The first-order chi connectivity index (χ1) is 9.15. The van der Waals surface area contributed by atoms with Gasteiger partial charge in [0.25, 0.3) is 5.91 Å². The lowest BCUT2D eigenvalue weighted by Gasteiger charge is -2.19. The molecule has 0 radical (unpaired) electrons. The topological polar surface area (TPSA) is 49.4 Å². The highest BCUT2D eigenvalue weighted by atomic mass is 32.1. The van der Waals surface area contributed by atoms with Gasteiger partial charge in [-0.15, -0.1) is 11.3 Å². The molecular weight excluding hydrogens is 260 g/mol. The number of hydrogen-bond acceptors (Lipinski definition) is 3. The molecule has 5 heteroatoms. The van der Waals surface area contributed by atoms with Crippen LogP contribution in [0.1, 0.15) is 40.4 Å². The van der Waals surface area contributed by atoms with Crippen molar-refractivity contribution in [3.8, 4) is 0 Å². The summed E-state index contributed by atoms with van der Waals surface area (Å²) in [6.07, 6.45) is 3.38. The van der Waals surface area contributed by atoms with E-state index in [9.17, 15) is 9.59 Å². The fourth-order valence-corrected chi connectivity index (χ4v) is 3.57. The first-order valence-corrected chi connectivity index (χ1v) is 7.64. The maximum atomic E-state index is 12.4. The van der Waals surface area contributed by atoms with E-state index in [0.29, 0.717) is 13.1 Å². The van der Waals surface area contributed by atoms with Crippen molar-refractivity contribution in [3.05, 3.63) is 21.4 Å². The molecule has 19 heavy (non-hydrogen) atoms. The molecule has 1 heterocycles. The van der Waals surface area contributed by atoms with Crippen molar-refractivity contribution < 1.29 is 9.59 Å². The Morgan fingerprint density at radius 2 is 2.16 bits per heavy atom. The Hall–Kier alpha value is -1.36. The Morgan fingerprint density at radius 3 is 2.79 bits per heavy atom. The number of thiophene rings is 1. The molecule has 1 N–H and O–H groups in total. The molecule has 2 amide bonds. The van der Waals surface area contributed by atoms with Crippen LogP contribution in [-0.4, -0.2) is 36.3 Å². The minimum Gasteiger partial charge on any atom is -0.355 e. The molecule has 0 spiro atoms. The van der Waals surface area contributed by atoms with Gasteiger partial charge in [0.05, 0.1) is 11.4 Å². The summed E-state index contributed by atoms with van der Waals surface area (Å²) >= 11 is 1.59. The minimum atomic E-state index is -0.0956. The Kier molecular flexibility index (Phi) is 4.58. The molecule has 1 aromatic rings. The summed E-state index contributed by atoms with van der Waals surface area (Å²) in [6.45, 7) is 5.07. The number of carbonyl (C=O) groups excluding carboxylic acids is 2. The second-order valence-electron chi connectivity index (χ2n) is 4.69. The average Bonchev–Trinajstić information content (AvgIpc) is 2.96. The highest BCUT2D eigenvalue weighted by Crippen LogP contribution is 2.31. The first kappa shape index (κ1) is 14.1. The van der Waals surface area contributed by atoms with Crippen LogP contribution in [0.15, 0.2) is 6.07 Å². The normalized spacial score (nSPS) is 13.2. The van der Waals surface area contributed by atoms with Gasteiger partial charge in [-0.3, -0.25) is 9.59 Å². The predicted octanol–water partition coefficient (Wildman–Crippen LogP) is 1.83. The zero-order valence-electron chi connectivity index (χ0n) is 11.5. The van der Waals surface area contributed by atoms with Crippen molar-refractivity contribution in [1.82, 2.24) is 10.2 Å². The summed E-state index contributed by atoms with van der Waals surface area (Å²) in [4.78, 5) is 27.7. The van der Waals surface area contributed by atoms with E-state index < -0.39 is 0 Å². The van der Waals surface area contributed by atoms with Crippen LogP contribution < -0.4 is 5.32 Å². The Morgan fingerprint density at radius 1 is 1.37 bits per heavy atom. The van der Waals surface area contributed by atoms with Crippen LogP contribution in [0, 0.1) is 0 Å². The van der Waals surface area contributed by atoms with Crippen LogP contribution in [0.5, 0.6) is 0 Å². The second-order valence-corrected chi connectivity index (χ2v) is 5.82. The van der Waals surface area contributed by atoms with Crippen molar-refractivity contribution in [2.45, 2.75) is 33.1 Å². The third-order valence-electron chi connectivity index (χ3n) is 3.33. The smallest absolute Gasteiger partial charge is 0.264 e. The molecule has 1 aliphatic rings. The number of aryl methyl sites for hydroxylation is 2. The van der Waals surface area contributed by atoms with E-state index in [0.717, 1.165) is 17.7 Å². The summed E-state index contributed by atoms with van der Waals surface area (Å²) in [6, 6.07) is 2.01. The van der Waals surface area contributed by atoms with Crippen molar-refractivity contribution in [2.24, 2.45) is 0 Å². The fourth-order valence-electron chi connectivity index (χ4n) is 2.34. The number of carbonyl (C=O) groups is 2. The number of nitrogens with zero attached hydrogens (tertiary/aromatic N) is 1. The van der Waals surface area contributed by atoms with Crippen LogP contribution in [0.25, 0.3) is 0 Å². The zero-order chi connectivity index (χ0) is 13.8. The molecule has 0 saturated heterocycles. The highest BCUT2D eigenvalue weighted by Gasteiger charge is 2.22. The largest absolute Gasteiger partial charge is 0.355 e. The van der Waals surface area contributed by atoms with Crippen LogP contribution in [0.2, 0.25) is 0 Å². The Balaban J connectivity index is 2.05. The van der Waals surface area contributed by atoms with Gasteiger partial charge in [-0.1, -0.05) is 0 Å². The van der Waals surface area contributed by atoms with Gasteiger partial charge in [-0.05, 0) is 44.7 Å². The number of fused-ring (bicyclic) bond motifs is 1. The van der Waals surface area contributed by atoms with Crippen molar-refractivity contribution in [2.75, 3.05) is 19.6 Å². The Bertz CT molecular complexity index is 460. The van der Waals surface area contributed by atoms with Crippen molar-refractivity contribution in [3.63, 3.8) is 0 Å². The van der Waals surface area contributed by atoms with Crippen molar-refractivity contribution in [1.29, 1.82) is 0 Å². The summed E-state index contributed by atoms with van der Waals surface area (Å²) < 4.78 is 0. The number of hydrogen-bond donors (Lipinski definition) is 1. The summed E-state index contributed by atoms with van der Waals surface area (Å²) in [5, 5.41) is 2.73. The van der Waals surface area contributed by atoms with Gasteiger partial charge in [0.1, 0.15) is 0 Å². The molecular formula is C14H20N2O2S. The zero-order valence-corrected chi connectivity index (χ0v) is 12.3. The minimum absolute atomic E-state index is 0.0202. The van der Waals surface area contributed by atoms with E-state index in [4.69, 9.17) is 0 Å². The van der Waals surface area contributed by atoms with E-state index >= 15 is 0 Å². The molecule has 0 aliphatic heterocycles. The van der Waals surface area contributed by atoms with E-state index in [1.807, 2.05) is 19.9 Å². The molecule has 1 aliphatic carbocycles. The summed E-state index contributed by atoms with van der Waals surface area (Å²) in [5.74, 6) is -0.116.